The third kappa shape index (κ3) is 4.37. The molecule has 0 unspecified atom stereocenters. The molecule has 5 heteroatoms. The zero-order valence-corrected chi connectivity index (χ0v) is 15.5. The molecule has 1 atom stereocenters. The molecule has 1 fully saturated rings. The Kier molecular flexibility index (Phi) is 5.49. The fourth-order valence-corrected chi connectivity index (χ4v) is 3.91. The zero-order valence-electron chi connectivity index (χ0n) is 15.5. The molecule has 0 aliphatic carbocycles. The van der Waals surface area contributed by atoms with E-state index in [1.54, 1.807) is 6.33 Å². The Hall–Kier alpha value is -2.66. The van der Waals surface area contributed by atoms with Crippen molar-refractivity contribution in [2.24, 2.45) is 0 Å². The van der Waals surface area contributed by atoms with Gasteiger partial charge in [0.25, 0.3) is 0 Å². The number of nitrogens with one attached hydrogen (secondary N) is 2. The maximum absolute atomic E-state index is 12.5. The molecule has 0 spiro atoms. The van der Waals surface area contributed by atoms with E-state index in [1.807, 2.05) is 24.3 Å². The van der Waals surface area contributed by atoms with Crippen LogP contribution in [0.15, 0.2) is 54.9 Å². The van der Waals surface area contributed by atoms with Crippen LogP contribution in [0.25, 0.3) is 11.0 Å². The number of nitrogens with zero attached hydrogens (tertiary/aromatic N) is 2. The van der Waals surface area contributed by atoms with E-state index in [0.717, 1.165) is 29.7 Å². The molecule has 4 rings (SSSR count). The van der Waals surface area contributed by atoms with Crippen LogP contribution >= 0.6 is 0 Å². The van der Waals surface area contributed by atoms with Crippen LogP contribution in [-0.2, 0) is 11.2 Å². The van der Waals surface area contributed by atoms with Gasteiger partial charge >= 0.3 is 0 Å². The Bertz CT molecular complexity index is 883. The third-order valence-electron chi connectivity index (χ3n) is 5.36. The number of carbonyl (C=O) groups is 1. The number of likely N-dealkylation sites (tertiary alicyclic amines) is 1. The van der Waals surface area contributed by atoms with Gasteiger partial charge in [-0.2, -0.15) is 0 Å². The lowest BCUT2D eigenvalue weighted by atomic mass is 10.0. The van der Waals surface area contributed by atoms with Gasteiger partial charge < -0.3 is 10.3 Å². The highest BCUT2D eigenvalue weighted by Crippen LogP contribution is 2.24. The molecule has 140 valence electrons. The maximum Gasteiger partial charge on any atom is 0.224 e. The van der Waals surface area contributed by atoms with E-state index in [2.05, 4.69) is 44.5 Å². The number of piperidine rings is 1. The topological polar surface area (TPSA) is 61.0 Å². The fourth-order valence-electron chi connectivity index (χ4n) is 3.91. The fraction of sp³-hybridized carbons (Fsp3) is 0.364. The van der Waals surface area contributed by atoms with Crippen molar-refractivity contribution in [3.63, 3.8) is 0 Å². The number of aromatic nitrogens is 2. The van der Waals surface area contributed by atoms with Crippen LogP contribution in [0.5, 0.6) is 0 Å². The number of aromatic amines is 1. The molecule has 1 aliphatic rings. The van der Waals surface area contributed by atoms with E-state index in [4.69, 9.17) is 0 Å². The largest absolute Gasteiger partial charge is 0.354 e. The first-order valence-electron chi connectivity index (χ1n) is 9.77. The van der Waals surface area contributed by atoms with Gasteiger partial charge in [-0.05, 0) is 49.2 Å². The lowest BCUT2D eigenvalue weighted by Crippen LogP contribution is -2.41. The molecule has 3 aromatic rings. The lowest BCUT2D eigenvalue weighted by molar-refractivity contribution is -0.120. The van der Waals surface area contributed by atoms with Crippen LogP contribution in [0.1, 0.15) is 36.4 Å². The van der Waals surface area contributed by atoms with Crippen molar-refractivity contribution in [1.29, 1.82) is 0 Å². The van der Waals surface area contributed by atoms with E-state index in [9.17, 15) is 4.79 Å². The molecule has 2 N–H and O–H groups in total. The van der Waals surface area contributed by atoms with Gasteiger partial charge in [-0.15, -0.1) is 0 Å². The normalized spacial score (nSPS) is 16.3. The molecule has 0 bridgehead atoms. The van der Waals surface area contributed by atoms with Crippen molar-refractivity contribution in [3.05, 3.63) is 66.0 Å². The van der Waals surface area contributed by atoms with Gasteiger partial charge in [0.05, 0.1) is 29.8 Å². The van der Waals surface area contributed by atoms with Crippen LogP contribution in [-0.4, -0.2) is 40.4 Å². The Balaban J connectivity index is 1.41. The molecule has 27 heavy (non-hydrogen) atoms. The second kappa shape index (κ2) is 8.35. The van der Waals surface area contributed by atoms with Crippen LogP contribution in [0.3, 0.4) is 0 Å². The Morgan fingerprint density at radius 2 is 1.93 bits per heavy atom. The SMILES string of the molecule is O=C(Cc1ccc2nc[nH]c2c1)NC[C@H](c1ccccc1)N1CCCCC1. The number of H-pyrrole nitrogens is 1. The van der Waals surface area contributed by atoms with E-state index < -0.39 is 0 Å². The van der Waals surface area contributed by atoms with Gasteiger partial charge in [-0.3, -0.25) is 9.69 Å². The van der Waals surface area contributed by atoms with E-state index >= 15 is 0 Å². The molecule has 1 aromatic heterocycles. The molecule has 1 saturated heterocycles. The first kappa shape index (κ1) is 17.7. The summed E-state index contributed by atoms with van der Waals surface area (Å²) < 4.78 is 0. The van der Waals surface area contributed by atoms with Crippen molar-refractivity contribution in [1.82, 2.24) is 20.2 Å². The van der Waals surface area contributed by atoms with E-state index in [-0.39, 0.29) is 11.9 Å². The smallest absolute Gasteiger partial charge is 0.224 e. The summed E-state index contributed by atoms with van der Waals surface area (Å²) in [6.45, 7) is 2.85. The molecule has 2 aromatic carbocycles. The molecule has 1 amide bonds. The standard InChI is InChI=1S/C22H26N4O/c27-22(14-17-9-10-19-20(13-17)25-16-24-19)23-15-21(18-7-3-1-4-8-18)26-11-5-2-6-12-26/h1,3-4,7-10,13,16,21H,2,5-6,11-12,14-15H2,(H,23,27)(H,24,25)/t21-/m1/s1. The second-order valence-electron chi connectivity index (χ2n) is 7.26. The Morgan fingerprint density at radius 3 is 2.74 bits per heavy atom. The Morgan fingerprint density at radius 1 is 1.11 bits per heavy atom. The minimum absolute atomic E-state index is 0.0619. The van der Waals surface area contributed by atoms with Crippen LogP contribution < -0.4 is 5.32 Å². The predicted molar refractivity (Wildman–Crippen MR) is 107 cm³/mol. The first-order chi connectivity index (χ1) is 13.3. The van der Waals surface area contributed by atoms with Gasteiger partial charge in [-0.25, -0.2) is 4.98 Å². The van der Waals surface area contributed by atoms with Crippen molar-refractivity contribution in [2.45, 2.75) is 31.7 Å². The number of fused-ring (bicyclic) bond motifs is 1. The number of rotatable bonds is 6. The predicted octanol–water partition coefficient (Wildman–Crippen LogP) is 3.45. The number of imidazole rings is 1. The Labute approximate surface area is 159 Å². The summed E-state index contributed by atoms with van der Waals surface area (Å²) in [5, 5.41) is 3.16. The average Bonchev–Trinajstić information content (AvgIpc) is 3.18. The van der Waals surface area contributed by atoms with E-state index in [1.165, 1.54) is 24.8 Å². The molecule has 0 saturated carbocycles. The summed E-state index contributed by atoms with van der Waals surface area (Å²) in [6, 6.07) is 16.7. The summed E-state index contributed by atoms with van der Waals surface area (Å²) in [5.41, 5.74) is 4.17. The van der Waals surface area contributed by atoms with Crippen LogP contribution in [0.4, 0.5) is 0 Å². The number of hydrogen-bond acceptors (Lipinski definition) is 3. The van der Waals surface area contributed by atoms with Gasteiger partial charge in [0.2, 0.25) is 5.91 Å². The second-order valence-corrected chi connectivity index (χ2v) is 7.26. The third-order valence-corrected chi connectivity index (χ3v) is 5.36. The molecular formula is C22H26N4O. The van der Waals surface area contributed by atoms with E-state index in [0.29, 0.717) is 13.0 Å². The number of amides is 1. The van der Waals surface area contributed by atoms with Crippen molar-refractivity contribution < 1.29 is 4.79 Å². The minimum atomic E-state index is 0.0619. The monoisotopic (exact) mass is 362 g/mol. The van der Waals surface area contributed by atoms with Gasteiger partial charge in [0.1, 0.15) is 0 Å². The summed E-state index contributed by atoms with van der Waals surface area (Å²) in [5.74, 6) is 0.0619. The molecule has 5 nitrogen and oxygen atoms in total. The van der Waals surface area contributed by atoms with Gasteiger partial charge in [0.15, 0.2) is 0 Å². The zero-order chi connectivity index (χ0) is 18.5. The first-order valence-corrected chi connectivity index (χ1v) is 9.77. The van der Waals surface area contributed by atoms with Crippen LogP contribution in [0, 0.1) is 0 Å². The van der Waals surface area contributed by atoms with Crippen molar-refractivity contribution >= 4 is 16.9 Å². The molecule has 1 aliphatic heterocycles. The highest BCUT2D eigenvalue weighted by molar-refractivity contribution is 5.81. The van der Waals surface area contributed by atoms with Crippen molar-refractivity contribution in [2.75, 3.05) is 19.6 Å². The quantitative estimate of drug-likeness (QED) is 0.706. The maximum atomic E-state index is 12.5. The lowest BCUT2D eigenvalue weighted by Gasteiger charge is -2.35. The average molecular weight is 362 g/mol. The summed E-state index contributed by atoms with van der Waals surface area (Å²) >= 11 is 0. The number of carbonyl (C=O) groups excluding carboxylic acids is 1. The highest BCUT2D eigenvalue weighted by atomic mass is 16.1. The van der Waals surface area contributed by atoms with Gasteiger partial charge in [0, 0.05) is 6.54 Å². The summed E-state index contributed by atoms with van der Waals surface area (Å²) in [4.78, 5) is 22.4. The number of benzene rings is 2. The highest BCUT2D eigenvalue weighted by Gasteiger charge is 2.22. The molecule has 0 radical (unpaired) electrons. The summed E-state index contributed by atoms with van der Waals surface area (Å²) in [7, 11) is 0. The van der Waals surface area contributed by atoms with Crippen molar-refractivity contribution in [3.8, 4) is 0 Å². The molecule has 2 heterocycles. The minimum Gasteiger partial charge on any atom is -0.354 e. The molecular weight excluding hydrogens is 336 g/mol. The summed E-state index contributed by atoms with van der Waals surface area (Å²) in [6.07, 6.45) is 5.84. The van der Waals surface area contributed by atoms with Gasteiger partial charge in [-0.1, -0.05) is 42.8 Å². The number of hydrogen-bond donors (Lipinski definition) is 2. The van der Waals surface area contributed by atoms with Crippen LogP contribution in [0.2, 0.25) is 0 Å².